The maximum Gasteiger partial charge on any atom is 0.348 e. The number of hydrogen-bond donors (Lipinski definition) is 2. The van der Waals surface area contributed by atoms with Crippen LogP contribution in [0.15, 0.2) is 5.10 Å². The van der Waals surface area contributed by atoms with Crippen molar-refractivity contribution in [3.05, 3.63) is 0 Å². The molecule has 0 aliphatic heterocycles. The number of rotatable bonds is 11. The monoisotopic (exact) mass is 409 g/mol. The fourth-order valence-electron chi connectivity index (χ4n) is 2.44. The van der Waals surface area contributed by atoms with Crippen LogP contribution in [-0.4, -0.2) is 55.8 Å². The van der Waals surface area contributed by atoms with E-state index in [9.17, 15) is 18.9 Å². The van der Waals surface area contributed by atoms with Crippen molar-refractivity contribution in [2.24, 2.45) is 16.8 Å². The van der Waals surface area contributed by atoms with Crippen LogP contribution >= 0.6 is 7.60 Å². The molecule has 0 aromatic carbocycles. The van der Waals surface area contributed by atoms with E-state index in [1.165, 1.54) is 13.8 Å². The van der Waals surface area contributed by atoms with Gasteiger partial charge in [-0.3, -0.25) is 14.2 Å². The van der Waals surface area contributed by atoms with Gasteiger partial charge in [-0.15, -0.1) is 0 Å². The lowest BCUT2D eigenvalue weighted by Crippen LogP contribution is -2.52. The standard InChI is InChI=1S/C15H28N3O8P/c1-7-24-13(20)15(5,27(22,25-8-2)26-9-3)11(12(19)23-6)10(4)17-18-14(16)21/h11H,7-9H2,1-6H3,(H3,16,18,21)/b17-10+. The number of methoxy groups -OCH3 is 1. The van der Waals surface area contributed by atoms with Crippen LogP contribution in [0.2, 0.25) is 0 Å². The van der Waals surface area contributed by atoms with Crippen LogP contribution in [0.5, 0.6) is 0 Å². The zero-order chi connectivity index (χ0) is 21.3. The highest BCUT2D eigenvalue weighted by molar-refractivity contribution is 7.57. The first-order valence-corrected chi connectivity index (χ1v) is 9.83. The number of hydrogen-bond acceptors (Lipinski definition) is 9. The fourth-order valence-corrected chi connectivity index (χ4v) is 4.63. The second kappa shape index (κ2) is 11.0. The number of carbonyl (C=O) groups is 3. The van der Waals surface area contributed by atoms with Gasteiger partial charge in [0, 0.05) is 0 Å². The average molecular weight is 409 g/mol. The Morgan fingerprint density at radius 1 is 1.15 bits per heavy atom. The molecule has 0 rings (SSSR count). The summed E-state index contributed by atoms with van der Waals surface area (Å²) in [4.78, 5) is 36.3. The predicted octanol–water partition coefficient (Wildman–Crippen LogP) is 1.41. The molecule has 0 aromatic rings. The molecule has 0 radical (unpaired) electrons. The maximum absolute atomic E-state index is 13.5. The molecule has 3 N–H and O–H groups in total. The molecule has 0 bridgehead atoms. The number of amides is 2. The molecule has 0 saturated carbocycles. The highest BCUT2D eigenvalue weighted by atomic mass is 31.2. The van der Waals surface area contributed by atoms with E-state index in [0.717, 1.165) is 7.11 Å². The molecule has 0 heterocycles. The highest BCUT2D eigenvalue weighted by Gasteiger charge is 2.63. The molecule has 2 atom stereocenters. The summed E-state index contributed by atoms with van der Waals surface area (Å²) in [6, 6.07) is -0.992. The van der Waals surface area contributed by atoms with E-state index < -0.39 is 36.6 Å². The van der Waals surface area contributed by atoms with Gasteiger partial charge in [0.05, 0.1) is 32.6 Å². The summed E-state index contributed by atoms with van der Waals surface area (Å²) in [6.45, 7) is 7.04. The number of urea groups is 1. The molecule has 0 saturated heterocycles. The second-order valence-electron chi connectivity index (χ2n) is 5.39. The first-order chi connectivity index (χ1) is 12.5. The SMILES string of the molecule is CCOC(=O)C(C)(C(C(=O)OC)/C(C)=N/NC(N)=O)P(=O)(OCC)OCC. The van der Waals surface area contributed by atoms with Gasteiger partial charge >= 0.3 is 25.6 Å². The quantitative estimate of drug-likeness (QED) is 0.224. The summed E-state index contributed by atoms with van der Waals surface area (Å²) in [5, 5.41) is 1.56. The Bertz CT molecular complexity index is 614. The van der Waals surface area contributed by atoms with E-state index in [1.807, 2.05) is 5.43 Å². The minimum absolute atomic E-state index is 0.0453. The smallest absolute Gasteiger partial charge is 0.348 e. The van der Waals surface area contributed by atoms with E-state index in [2.05, 4.69) is 5.10 Å². The number of nitrogens with one attached hydrogen (secondary N) is 1. The number of hydrazone groups is 1. The van der Waals surface area contributed by atoms with Gasteiger partial charge in [-0.2, -0.15) is 5.10 Å². The van der Waals surface area contributed by atoms with Crippen LogP contribution in [0, 0.1) is 5.92 Å². The summed E-state index contributed by atoms with van der Waals surface area (Å²) in [7, 11) is -3.17. The number of esters is 2. The van der Waals surface area contributed by atoms with E-state index >= 15 is 0 Å². The topological polar surface area (TPSA) is 156 Å². The number of nitrogens with two attached hydrogens (primary N) is 1. The van der Waals surface area contributed by atoms with Crippen molar-refractivity contribution >= 4 is 31.3 Å². The van der Waals surface area contributed by atoms with Crippen molar-refractivity contribution in [2.75, 3.05) is 26.9 Å². The second-order valence-corrected chi connectivity index (χ2v) is 7.83. The summed E-state index contributed by atoms with van der Waals surface area (Å²) in [5.41, 5.74) is 6.84. The molecule has 12 heteroatoms. The normalized spacial score (nSPS) is 15.4. The highest BCUT2D eigenvalue weighted by Crippen LogP contribution is 2.63. The minimum atomic E-state index is -4.25. The first-order valence-electron chi connectivity index (χ1n) is 8.29. The van der Waals surface area contributed by atoms with Gasteiger partial charge in [-0.1, -0.05) is 0 Å². The maximum atomic E-state index is 13.5. The van der Waals surface area contributed by atoms with Crippen molar-refractivity contribution in [1.29, 1.82) is 0 Å². The number of primary amides is 1. The van der Waals surface area contributed by atoms with E-state index in [-0.39, 0.29) is 25.5 Å². The van der Waals surface area contributed by atoms with Crippen LogP contribution in [0.4, 0.5) is 4.79 Å². The average Bonchev–Trinajstić information content (AvgIpc) is 2.60. The van der Waals surface area contributed by atoms with Gasteiger partial charge in [0.15, 0.2) is 5.16 Å². The Morgan fingerprint density at radius 3 is 2.04 bits per heavy atom. The zero-order valence-corrected chi connectivity index (χ0v) is 17.3. The molecule has 2 unspecified atom stereocenters. The van der Waals surface area contributed by atoms with Crippen molar-refractivity contribution in [1.82, 2.24) is 5.43 Å². The van der Waals surface area contributed by atoms with Gasteiger partial charge in [0.1, 0.15) is 5.92 Å². The Hall–Kier alpha value is -1.97. The Kier molecular flexibility index (Phi) is 10.2. The van der Waals surface area contributed by atoms with Crippen molar-refractivity contribution in [3.8, 4) is 0 Å². The van der Waals surface area contributed by atoms with Gasteiger partial charge in [-0.05, 0) is 34.6 Å². The molecular formula is C15H28N3O8P. The summed E-state index contributed by atoms with van der Waals surface area (Å²) in [6.07, 6.45) is 0. The van der Waals surface area contributed by atoms with Crippen LogP contribution in [-0.2, 0) is 32.7 Å². The molecule has 0 spiro atoms. The van der Waals surface area contributed by atoms with E-state index in [0.29, 0.717) is 0 Å². The third-order valence-electron chi connectivity index (χ3n) is 3.61. The number of carbonyl (C=O) groups excluding carboxylic acids is 3. The molecule has 11 nitrogen and oxygen atoms in total. The first kappa shape index (κ1) is 25.0. The molecule has 2 amide bonds. The Balaban J connectivity index is 6.66. The van der Waals surface area contributed by atoms with Crippen molar-refractivity contribution in [2.45, 2.75) is 39.8 Å². The predicted molar refractivity (Wildman–Crippen MR) is 97.2 cm³/mol. The summed E-state index contributed by atoms with van der Waals surface area (Å²) < 4.78 is 34.0. The lowest BCUT2D eigenvalue weighted by Gasteiger charge is -2.37. The summed E-state index contributed by atoms with van der Waals surface area (Å²) >= 11 is 0. The van der Waals surface area contributed by atoms with E-state index in [4.69, 9.17) is 24.3 Å². The lowest BCUT2D eigenvalue weighted by molar-refractivity contribution is -0.154. The Morgan fingerprint density at radius 2 is 1.67 bits per heavy atom. The van der Waals surface area contributed by atoms with Gasteiger partial charge in [-0.25, -0.2) is 10.2 Å². The third-order valence-corrected chi connectivity index (χ3v) is 6.39. The van der Waals surface area contributed by atoms with Gasteiger partial charge in [0.2, 0.25) is 0 Å². The van der Waals surface area contributed by atoms with E-state index in [1.54, 1.807) is 20.8 Å². The zero-order valence-electron chi connectivity index (χ0n) is 16.4. The van der Waals surface area contributed by atoms with Gasteiger partial charge in [0.25, 0.3) is 0 Å². The minimum Gasteiger partial charge on any atom is -0.468 e. The molecular weight excluding hydrogens is 381 g/mol. The third kappa shape index (κ3) is 5.75. The fraction of sp³-hybridized carbons (Fsp3) is 0.733. The largest absolute Gasteiger partial charge is 0.468 e. The Labute approximate surface area is 158 Å². The summed E-state index contributed by atoms with van der Waals surface area (Å²) in [5.74, 6) is -3.49. The number of nitrogens with zero attached hydrogens (tertiary/aromatic N) is 1. The van der Waals surface area contributed by atoms with Crippen LogP contribution in [0.1, 0.15) is 34.6 Å². The van der Waals surface area contributed by atoms with Crippen LogP contribution in [0.25, 0.3) is 0 Å². The molecule has 0 aliphatic carbocycles. The number of ether oxygens (including phenoxy) is 2. The van der Waals surface area contributed by atoms with Gasteiger partial charge < -0.3 is 24.3 Å². The molecule has 27 heavy (non-hydrogen) atoms. The van der Waals surface area contributed by atoms with Crippen molar-refractivity contribution < 1.29 is 37.5 Å². The lowest BCUT2D eigenvalue weighted by atomic mass is 9.89. The molecule has 156 valence electrons. The molecule has 0 fully saturated rings. The molecule has 0 aromatic heterocycles. The van der Waals surface area contributed by atoms with Crippen LogP contribution < -0.4 is 11.2 Å². The van der Waals surface area contributed by atoms with Crippen LogP contribution in [0.3, 0.4) is 0 Å². The van der Waals surface area contributed by atoms with Crippen molar-refractivity contribution in [3.63, 3.8) is 0 Å². The molecule has 0 aliphatic rings.